The van der Waals surface area contributed by atoms with Crippen LogP contribution in [0.25, 0.3) is 0 Å². The van der Waals surface area contributed by atoms with Crippen LogP contribution in [0.2, 0.25) is 0 Å². The predicted octanol–water partition coefficient (Wildman–Crippen LogP) is 3.20. The number of hydrazone groups is 1. The van der Waals surface area contributed by atoms with Crippen molar-refractivity contribution in [2.75, 3.05) is 7.11 Å². The second-order valence-corrected chi connectivity index (χ2v) is 4.82. The van der Waals surface area contributed by atoms with Crippen molar-refractivity contribution in [1.29, 1.82) is 0 Å². The maximum absolute atomic E-state index is 11.7. The van der Waals surface area contributed by atoms with Crippen molar-refractivity contribution >= 4 is 27.5 Å². The maximum atomic E-state index is 11.7. The lowest BCUT2D eigenvalue weighted by Gasteiger charge is -2.06. The quantitative estimate of drug-likeness (QED) is 0.688. The molecule has 0 aliphatic rings. The summed E-state index contributed by atoms with van der Waals surface area (Å²) >= 11 is 3.40. The van der Waals surface area contributed by atoms with Crippen LogP contribution in [0.4, 0.5) is 0 Å². The van der Waals surface area contributed by atoms with Crippen molar-refractivity contribution in [1.82, 2.24) is 5.43 Å². The van der Waals surface area contributed by atoms with Gasteiger partial charge in [-0.25, -0.2) is 5.43 Å². The van der Waals surface area contributed by atoms with E-state index in [9.17, 15) is 4.79 Å². The molecule has 0 radical (unpaired) electrons. The molecule has 0 fully saturated rings. The number of nitrogens with one attached hydrogen (secondary N) is 1. The fourth-order valence-corrected chi connectivity index (χ4v) is 2.09. The van der Waals surface area contributed by atoms with Crippen molar-refractivity contribution in [2.24, 2.45) is 5.10 Å². The number of rotatable bonds is 4. The standard InChI is InChI=1S/C14H13BrN2O3/c1-9(10-5-6-12(19-2)11(15)8-10)16-17-14(18)13-4-3-7-20-13/h3-8H,1-2H3,(H,17,18)/b16-9-. The Hall–Kier alpha value is -2.08. The summed E-state index contributed by atoms with van der Waals surface area (Å²) in [5, 5.41) is 4.04. The summed E-state index contributed by atoms with van der Waals surface area (Å²) < 4.78 is 11.0. The van der Waals surface area contributed by atoms with Crippen LogP contribution < -0.4 is 10.2 Å². The molecule has 0 aliphatic heterocycles. The molecule has 0 saturated heterocycles. The summed E-state index contributed by atoms with van der Waals surface area (Å²) in [4.78, 5) is 11.7. The van der Waals surface area contributed by atoms with Gasteiger partial charge in [0.05, 0.1) is 23.6 Å². The topological polar surface area (TPSA) is 63.8 Å². The SMILES string of the molecule is COc1ccc(/C(C)=N\NC(=O)c2ccco2)cc1Br. The van der Waals surface area contributed by atoms with Crippen LogP contribution in [-0.2, 0) is 0 Å². The van der Waals surface area contributed by atoms with Crippen molar-refractivity contribution in [3.8, 4) is 5.75 Å². The number of methoxy groups -OCH3 is 1. The summed E-state index contributed by atoms with van der Waals surface area (Å²) in [6.07, 6.45) is 1.44. The largest absolute Gasteiger partial charge is 0.496 e. The normalized spacial score (nSPS) is 11.2. The van der Waals surface area contributed by atoms with E-state index in [0.29, 0.717) is 5.71 Å². The van der Waals surface area contributed by atoms with Gasteiger partial charge in [-0.1, -0.05) is 0 Å². The third-order valence-corrected chi connectivity index (χ3v) is 3.26. The first-order chi connectivity index (χ1) is 9.61. The Morgan fingerprint density at radius 1 is 1.40 bits per heavy atom. The van der Waals surface area contributed by atoms with Crippen molar-refractivity contribution < 1.29 is 13.9 Å². The third-order valence-electron chi connectivity index (χ3n) is 2.64. The van der Waals surface area contributed by atoms with Crippen LogP contribution >= 0.6 is 15.9 Å². The number of amides is 1. The van der Waals surface area contributed by atoms with Gasteiger partial charge in [0.1, 0.15) is 5.75 Å². The Morgan fingerprint density at radius 2 is 2.20 bits per heavy atom. The molecular weight excluding hydrogens is 324 g/mol. The van der Waals surface area contributed by atoms with E-state index in [2.05, 4.69) is 26.5 Å². The molecule has 6 heteroatoms. The van der Waals surface area contributed by atoms with Crippen LogP contribution in [0.3, 0.4) is 0 Å². The number of carbonyl (C=O) groups excluding carboxylic acids is 1. The van der Waals surface area contributed by atoms with Crippen LogP contribution in [0.15, 0.2) is 50.6 Å². The van der Waals surface area contributed by atoms with Gasteiger partial charge in [0.2, 0.25) is 0 Å². The molecule has 2 aromatic rings. The Balaban J connectivity index is 2.10. The second-order valence-electron chi connectivity index (χ2n) is 3.96. The highest BCUT2D eigenvalue weighted by atomic mass is 79.9. The van der Waals surface area contributed by atoms with E-state index in [4.69, 9.17) is 9.15 Å². The molecule has 104 valence electrons. The summed E-state index contributed by atoms with van der Waals surface area (Å²) in [6.45, 7) is 1.80. The first-order valence-corrected chi connectivity index (χ1v) is 6.63. The van der Waals surface area contributed by atoms with Crippen LogP contribution in [0, 0.1) is 0 Å². The zero-order chi connectivity index (χ0) is 14.5. The highest BCUT2D eigenvalue weighted by molar-refractivity contribution is 9.10. The van der Waals surface area contributed by atoms with Gasteiger partial charge >= 0.3 is 5.91 Å². The molecule has 0 saturated carbocycles. The molecule has 1 amide bonds. The molecule has 1 heterocycles. The van der Waals surface area contributed by atoms with E-state index >= 15 is 0 Å². The van der Waals surface area contributed by atoms with Gasteiger partial charge in [0.15, 0.2) is 5.76 Å². The number of hydrogen-bond acceptors (Lipinski definition) is 4. The summed E-state index contributed by atoms with van der Waals surface area (Å²) in [5.74, 6) is 0.570. The minimum atomic E-state index is -0.387. The molecule has 0 spiro atoms. The average Bonchev–Trinajstić information content (AvgIpc) is 2.98. The van der Waals surface area contributed by atoms with E-state index in [0.717, 1.165) is 15.8 Å². The number of furan rings is 1. The van der Waals surface area contributed by atoms with E-state index in [-0.39, 0.29) is 11.7 Å². The number of nitrogens with zero attached hydrogens (tertiary/aromatic N) is 1. The Bertz CT molecular complexity index is 636. The minimum absolute atomic E-state index is 0.220. The Morgan fingerprint density at radius 3 is 2.80 bits per heavy atom. The summed E-state index contributed by atoms with van der Waals surface area (Å²) in [6, 6.07) is 8.78. The number of hydrogen-bond donors (Lipinski definition) is 1. The van der Waals surface area contributed by atoms with Crippen LogP contribution in [0.5, 0.6) is 5.75 Å². The van der Waals surface area contributed by atoms with E-state index in [1.807, 2.05) is 18.2 Å². The van der Waals surface area contributed by atoms with Gasteiger partial charge in [-0.3, -0.25) is 4.79 Å². The fourth-order valence-electron chi connectivity index (χ4n) is 1.55. The van der Waals surface area contributed by atoms with Gasteiger partial charge in [0.25, 0.3) is 0 Å². The van der Waals surface area contributed by atoms with Crippen molar-refractivity contribution in [3.63, 3.8) is 0 Å². The van der Waals surface area contributed by atoms with Gasteiger partial charge in [-0.15, -0.1) is 0 Å². The number of ether oxygens (including phenoxy) is 1. The smallest absolute Gasteiger partial charge is 0.307 e. The van der Waals surface area contributed by atoms with Crippen molar-refractivity contribution in [3.05, 3.63) is 52.4 Å². The first-order valence-electron chi connectivity index (χ1n) is 5.84. The molecule has 0 atom stereocenters. The molecule has 1 aromatic carbocycles. The van der Waals surface area contributed by atoms with Crippen molar-refractivity contribution in [2.45, 2.75) is 6.92 Å². The lowest BCUT2D eigenvalue weighted by atomic mass is 10.1. The second kappa shape index (κ2) is 6.38. The zero-order valence-electron chi connectivity index (χ0n) is 11.0. The molecule has 2 rings (SSSR count). The minimum Gasteiger partial charge on any atom is -0.496 e. The molecule has 1 N–H and O–H groups in total. The first kappa shape index (κ1) is 14.3. The Kier molecular flexibility index (Phi) is 4.57. The molecule has 1 aromatic heterocycles. The fraction of sp³-hybridized carbons (Fsp3) is 0.143. The maximum Gasteiger partial charge on any atom is 0.307 e. The average molecular weight is 337 g/mol. The summed E-state index contributed by atoms with van der Waals surface area (Å²) in [5.41, 5.74) is 3.99. The van der Waals surface area contributed by atoms with Gasteiger partial charge < -0.3 is 9.15 Å². The molecule has 0 bridgehead atoms. The molecule has 0 unspecified atom stereocenters. The number of halogens is 1. The highest BCUT2D eigenvalue weighted by Crippen LogP contribution is 2.25. The van der Waals surface area contributed by atoms with Crippen LogP contribution in [-0.4, -0.2) is 18.7 Å². The molecular formula is C14H13BrN2O3. The summed E-state index contributed by atoms with van der Waals surface area (Å²) in [7, 11) is 1.60. The van der Waals surface area contributed by atoms with Crippen LogP contribution in [0.1, 0.15) is 23.0 Å². The van der Waals surface area contributed by atoms with Gasteiger partial charge in [0, 0.05) is 0 Å². The van der Waals surface area contributed by atoms with Gasteiger partial charge in [-0.2, -0.15) is 5.10 Å². The zero-order valence-corrected chi connectivity index (χ0v) is 12.6. The third kappa shape index (κ3) is 3.27. The van der Waals surface area contributed by atoms with E-state index in [1.165, 1.54) is 6.26 Å². The monoisotopic (exact) mass is 336 g/mol. The van der Waals surface area contributed by atoms with Gasteiger partial charge in [-0.05, 0) is 58.7 Å². The lowest BCUT2D eigenvalue weighted by Crippen LogP contribution is -2.18. The van der Waals surface area contributed by atoms with E-state index in [1.54, 1.807) is 26.2 Å². The number of carbonyl (C=O) groups is 1. The molecule has 20 heavy (non-hydrogen) atoms. The van der Waals surface area contributed by atoms with E-state index < -0.39 is 0 Å². The molecule has 0 aliphatic carbocycles. The molecule has 5 nitrogen and oxygen atoms in total. The highest BCUT2D eigenvalue weighted by Gasteiger charge is 2.08. The Labute approximate surface area is 124 Å². The lowest BCUT2D eigenvalue weighted by molar-refractivity contribution is 0.0927. The predicted molar refractivity (Wildman–Crippen MR) is 79.1 cm³/mol. The number of benzene rings is 1.